The molecule has 2 rings (SSSR count). The fourth-order valence-electron chi connectivity index (χ4n) is 2.31. The minimum Gasteiger partial charge on any atom is -0.506 e. The smallest absolute Gasteiger partial charge is 0.229 e. The SMILES string of the molecule is O=C(NC(=S)Nc1ccccc1O)C1CCCCC1. The number of carbonyl (C=O) groups is 1. The monoisotopic (exact) mass is 278 g/mol. The molecule has 0 radical (unpaired) electrons. The summed E-state index contributed by atoms with van der Waals surface area (Å²) in [5, 5.41) is 15.4. The van der Waals surface area contributed by atoms with Crippen molar-refractivity contribution in [1.29, 1.82) is 0 Å². The molecule has 1 aromatic carbocycles. The molecular formula is C14H18N2O2S. The van der Waals surface area contributed by atoms with Gasteiger partial charge in [-0.05, 0) is 37.2 Å². The van der Waals surface area contributed by atoms with Crippen LogP contribution >= 0.6 is 12.2 Å². The van der Waals surface area contributed by atoms with Gasteiger partial charge >= 0.3 is 0 Å². The summed E-state index contributed by atoms with van der Waals surface area (Å²) in [5.74, 6) is 0.155. The molecule has 1 amide bonds. The Morgan fingerprint density at radius 2 is 1.89 bits per heavy atom. The number of anilines is 1. The fourth-order valence-corrected chi connectivity index (χ4v) is 2.52. The third kappa shape index (κ3) is 3.92. The number of thiocarbonyl (C=S) groups is 1. The quantitative estimate of drug-likeness (QED) is 0.575. The number of nitrogens with one attached hydrogen (secondary N) is 2. The summed E-state index contributed by atoms with van der Waals surface area (Å²) in [7, 11) is 0. The number of phenolic OH excluding ortho intramolecular Hbond substituents is 1. The van der Waals surface area contributed by atoms with Crippen molar-refractivity contribution in [3.63, 3.8) is 0 Å². The zero-order valence-corrected chi connectivity index (χ0v) is 11.5. The highest BCUT2D eigenvalue weighted by Crippen LogP contribution is 2.24. The molecular weight excluding hydrogens is 260 g/mol. The highest BCUT2D eigenvalue weighted by molar-refractivity contribution is 7.80. The van der Waals surface area contributed by atoms with Gasteiger partial charge in [-0.1, -0.05) is 31.4 Å². The maximum Gasteiger partial charge on any atom is 0.229 e. The maximum atomic E-state index is 12.0. The van der Waals surface area contributed by atoms with Gasteiger partial charge in [0.15, 0.2) is 5.11 Å². The second kappa shape index (κ2) is 6.52. The van der Waals surface area contributed by atoms with E-state index in [-0.39, 0.29) is 22.7 Å². The zero-order valence-electron chi connectivity index (χ0n) is 10.7. The molecule has 0 spiro atoms. The standard InChI is InChI=1S/C14H18N2O2S/c17-12-9-5-4-8-11(12)15-14(19)16-13(18)10-6-2-1-3-7-10/h4-5,8-10,17H,1-3,6-7H2,(H2,15,16,18,19). The van der Waals surface area contributed by atoms with E-state index in [0.717, 1.165) is 25.7 Å². The van der Waals surface area contributed by atoms with Gasteiger partial charge < -0.3 is 15.7 Å². The highest BCUT2D eigenvalue weighted by atomic mass is 32.1. The first-order valence-corrected chi connectivity index (χ1v) is 6.97. The number of hydrogen-bond donors (Lipinski definition) is 3. The van der Waals surface area contributed by atoms with E-state index in [1.165, 1.54) is 6.42 Å². The lowest BCUT2D eigenvalue weighted by Gasteiger charge is -2.21. The van der Waals surface area contributed by atoms with E-state index in [1.54, 1.807) is 24.3 Å². The van der Waals surface area contributed by atoms with E-state index < -0.39 is 0 Å². The Kier molecular flexibility index (Phi) is 4.74. The largest absolute Gasteiger partial charge is 0.506 e. The van der Waals surface area contributed by atoms with Crippen LogP contribution in [0.15, 0.2) is 24.3 Å². The van der Waals surface area contributed by atoms with Crippen molar-refractivity contribution < 1.29 is 9.90 Å². The predicted molar refractivity (Wildman–Crippen MR) is 79.0 cm³/mol. The van der Waals surface area contributed by atoms with Crippen molar-refractivity contribution in [3.8, 4) is 5.75 Å². The van der Waals surface area contributed by atoms with Crippen molar-refractivity contribution in [1.82, 2.24) is 5.32 Å². The predicted octanol–water partition coefficient (Wildman–Crippen LogP) is 2.79. The van der Waals surface area contributed by atoms with Gasteiger partial charge in [-0.2, -0.15) is 0 Å². The van der Waals surface area contributed by atoms with E-state index in [9.17, 15) is 9.90 Å². The van der Waals surface area contributed by atoms with Gasteiger partial charge in [0.1, 0.15) is 5.75 Å². The molecule has 1 fully saturated rings. The second-order valence-corrected chi connectivity index (χ2v) is 5.20. The Balaban J connectivity index is 1.87. The minimum atomic E-state index is -0.0207. The van der Waals surface area contributed by atoms with Crippen LogP contribution in [-0.2, 0) is 4.79 Å². The first kappa shape index (κ1) is 13.8. The molecule has 5 heteroatoms. The van der Waals surface area contributed by atoms with Crippen LogP contribution in [0, 0.1) is 5.92 Å². The molecule has 1 saturated carbocycles. The van der Waals surface area contributed by atoms with Gasteiger partial charge in [0.25, 0.3) is 0 Å². The van der Waals surface area contributed by atoms with Crippen molar-refractivity contribution in [2.75, 3.05) is 5.32 Å². The number of phenols is 1. The molecule has 1 aliphatic rings. The summed E-state index contributed by atoms with van der Waals surface area (Å²) in [5.41, 5.74) is 0.497. The molecule has 1 aromatic rings. The van der Waals surface area contributed by atoms with Crippen LogP contribution in [0.5, 0.6) is 5.75 Å². The van der Waals surface area contributed by atoms with Crippen molar-refractivity contribution in [2.45, 2.75) is 32.1 Å². The van der Waals surface area contributed by atoms with Crippen LogP contribution in [0.25, 0.3) is 0 Å². The average Bonchev–Trinajstić information content (AvgIpc) is 2.42. The summed E-state index contributed by atoms with van der Waals surface area (Å²) in [6.07, 6.45) is 5.30. The number of amides is 1. The van der Waals surface area contributed by atoms with Gasteiger partial charge in [0, 0.05) is 5.92 Å². The fraction of sp³-hybridized carbons (Fsp3) is 0.429. The Morgan fingerprint density at radius 1 is 1.21 bits per heavy atom. The molecule has 0 aromatic heterocycles. The van der Waals surface area contributed by atoms with E-state index in [2.05, 4.69) is 10.6 Å². The molecule has 19 heavy (non-hydrogen) atoms. The summed E-state index contributed by atoms with van der Waals surface area (Å²) in [6, 6.07) is 6.78. The van der Waals surface area contributed by atoms with Crippen molar-refractivity contribution >= 4 is 28.9 Å². The van der Waals surface area contributed by atoms with Gasteiger partial charge in [-0.15, -0.1) is 0 Å². The number of carbonyl (C=O) groups excluding carboxylic acids is 1. The van der Waals surface area contributed by atoms with E-state index in [4.69, 9.17) is 12.2 Å². The Bertz CT molecular complexity index is 470. The van der Waals surface area contributed by atoms with Crippen LogP contribution in [0.2, 0.25) is 0 Å². The number of rotatable bonds is 2. The highest BCUT2D eigenvalue weighted by Gasteiger charge is 2.21. The molecule has 0 saturated heterocycles. The molecule has 0 bridgehead atoms. The summed E-state index contributed by atoms with van der Waals surface area (Å²) >= 11 is 5.09. The van der Waals surface area contributed by atoms with Gasteiger partial charge in [0.2, 0.25) is 5.91 Å². The molecule has 0 unspecified atom stereocenters. The third-order valence-corrected chi connectivity index (χ3v) is 3.57. The van der Waals surface area contributed by atoms with Crippen LogP contribution in [0.3, 0.4) is 0 Å². The molecule has 1 aliphatic carbocycles. The molecule has 3 N–H and O–H groups in total. The summed E-state index contributed by atoms with van der Waals surface area (Å²) in [6.45, 7) is 0. The number of benzene rings is 1. The summed E-state index contributed by atoms with van der Waals surface area (Å²) in [4.78, 5) is 12.0. The second-order valence-electron chi connectivity index (χ2n) is 4.80. The number of hydrogen-bond acceptors (Lipinski definition) is 3. The van der Waals surface area contributed by atoms with Gasteiger partial charge in [-0.25, -0.2) is 0 Å². The Morgan fingerprint density at radius 3 is 2.58 bits per heavy atom. The lowest BCUT2D eigenvalue weighted by molar-refractivity contribution is -0.124. The normalized spacial score (nSPS) is 15.8. The first-order valence-electron chi connectivity index (χ1n) is 6.56. The van der Waals surface area contributed by atoms with Crippen LogP contribution < -0.4 is 10.6 Å². The Hall–Kier alpha value is -1.62. The minimum absolute atomic E-state index is 0.0207. The van der Waals surface area contributed by atoms with Crippen molar-refractivity contribution in [2.24, 2.45) is 5.92 Å². The third-order valence-electron chi connectivity index (χ3n) is 3.36. The molecule has 0 heterocycles. The molecule has 0 atom stereocenters. The number of para-hydroxylation sites is 2. The topological polar surface area (TPSA) is 61.4 Å². The average molecular weight is 278 g/mol. The molecule has 102 valence electrons. The van der Waals surface area contributed by atoms with Crippen molar-refractivity contribution in [3.05, 3.63) is 24.3 Å². The van der Waals surface area contributed by atoms with E-state index in [0.29, 0.717) is 5.69 Å². The first-order chi connectivity index (χ1) is 9.16. The Labute approximate surface area is 118 Å². The number of aromatic hydroxyl groups is 1. The van der Waals surface area contributed by atoms with E-state index >= 15 is 0 Å². The lowest BCUT2D eigenvalue weighted by atomic mass is 9.89. The van der Waals surface area contributed by atoms with Crippen LogP contribution in [0.1, 0.15) is 32.1 Å². The van der Waals surface area contributed by atoms with Crippen LogP contribution in [0.4, 0.5) is 5.69 Å². The lowest BCUT2D eigenvalue weighted by Crippen LogP contribution is -2.38. The van der Waals surface area contributed by atoms with Crippen LogP contribution in [-0.4, -0.2) is 16.1 Å². The van der Waals surface area contributed by atoms with Gasteiger partial charge in [-0.3, -0.25) is 4.79 Å². The van der Waals surface area contributed by atoms with E-state index in [1.807, 2.05) is 0 Å². The molecule has 4 nitrogen and oxygen atoms in total. The van der Waals surface area contributed by atoms with Gasteiger partial charge in [0.05, 0.1) is 5.69 Å². The molecule has 0 aliphatic heterocycles. The zero-order chi connectivity index (χ0) is 13.7. The maximum absolute atomic E-state index is 12.0. The summed E-state index contributed by atoms with van der Waals surface area (Å²) < 4.78 is 0.